The van der Waals surface area contributed by atoms with Gasteiger partial charge in [0, 0.05) is 19.2 Å². The molecule has 5 nitrogen and oxygen atoms in total. The highest BCUT2D eigenvalue weighted by Crippen LogP contribution is 2.02. The maximum Gasteiger partial charge on any atom is 0.230 e. The summed E-state index contributed by atoms with van der Waals surface area (Å²) >= 11 is 3.09. The van der Waals surface area contributed by atoms with E-state index in [0.29, 0.717) is 18.3 Å². The van der Waals surface area contributed by atoms with E-state index in [1.165, 1.54) is 0 Å². The second-order valence-electron chi connectivity index (χ2n) is 3.28. The van der Waals surface area contributed by atoms with Crippen LogP contribution in [0.2, 0.25) is 0 Å². The summed E-state index contributed by atoms with van der Waals surface area (Å²) < 4.78 is 1.92. The van der Waals surface area contributed by atoms with Gasteiger partial charge in [0.2, 0.25) is 5.91 Å². The number of nitrogens with one attached hydrogen (secondary N) is 1. The van der Waals surface area contributed by atoms with E-state index in [0.717, 1.165) is 11.5 Å². The first-order valence-corrected chi connectivity index (χ1v) is 6.04. The summed E-state index contributed by atoms with van der Waals surface area (Å²) in [6.45, 7) is 0.570. The van der Waals surface area contributed by atoms with Gasteiger partial charge in [-0.25, -0.2) is 0 Å². The number of amides is 1. The van der Waals surface area contributed by atoms with Gasteiger partial charge in [0.15, 0.2) is 5.65 Å². The summed E-state index contributed by atoms with van der Waals surface area (Å²) in [6.07, 6.45) is 2.58. The molecule has 0 aromatic carbocycles. The van der Waals surface area contributed by atoms with E-state index in [4.69, 9.17) is 0 Å². The molecule has 2 aromatic heterocycles. The van der Waals surface area contributed by atoms with Gasteiger partial charge in [-0.05, 0) is 12.1 Å². The SMILES string of the molecule is O=C(CBr)NCCc1nnc2ccccn12. The van der Waals surface area contributed by atoms with Gasteiger partial charge in [0.05, 0.1) is 5.33 Å². The predicted molar refractivity (Wildman–Crippen MR) is 63.5 cm³/mol. The molecule has 1 N–H and O–H groups in total. The van der Waals surface area contributed by atoms with Gasteiger partial charge < -0.3 is 5.32 Å². The van der Waals surface area contributed by atoms with Gasteiger partial charge >= 0.3 is 0 Å². The van der Waals surface area contributed by atoms with E-state index in [2.05, 4.69) is 31.4 Å². The Hall–Kier alpha value is -1.43. The van der Waals surface area contributed by atoms with Crippen LogP contribution in [0.3, 0.4) is 0 Å². The van der Waals surface area contributed by atoms with Crippen molar-refractivity contribution in [2.75, 3.05) is 11.9 Å². The highest BCUT2D eigenvalue weighted by molar-refractivity contribution is 9.09. The molecule has 0 unspecified atom stereocenters. The van der Waals surface area contributed by atoms with Gasteiger partial charge in [0.25, 0.3) is 0 Å². The van der Waals surface area contributed by atoms with Crippen LogP contribution in [0, 0.1) is 0 Å². The largest absolute Gasteiger partial charge is 0.355 e. The third-order valence-electron chi connectivity index (χ3n) is 2.18. The number of hydrogen-bond donors (Lipinski definition) is 1. The van der Waals surface area contributed by atoms with Crippen molar-refractivity contribution in [2.24, 2.45) is 0 Å². The molecule has 1 amide bonds. The molecule has 16 heavy (non-hydrogen) atoms. The Balaban J connectivity index is 2.02. The number of alkyl halides is 1. The zero-order valence-corrected chi connectivity index (χ0v) is 10.1. The number of carbonyl (C=O) groups excluding carboxylic acids is 1. The van der Waals surface area contributed by atoms with Gasteiger partial charge in [-0.15, -0.1) is 10.2 Å². The van der Waals surface area contributed by atoms with Crippen LogP contribution in [0.5, 0.6) is 0 Å². The van der Waals surface area contributed by atoms with Gasteiger partial charge in [-0.3, -0.25) is 9.20 Å². The van der Waals surface area contributed by atoms with Crippen LogP contribution < -0.4 is 5.32 Å². The van der Waals surface area contributed by atoms with Crippen molar-refractivity contribution in [1.82, 2.24) is 19.9 Å². The molecule has 0 saturated heterocycles. The maximum absolute atomic E-state index is 11.0. The Labute approximate surface area is 101 Å². The molecule has 0 aliphatic rings. The monoisotopic (exact) mass is 282 g/mol. The van der Waals surface area contributed by atoms with Crippen LogP contribution in [0.4, 0.5) is 0 Å². The Morgan fingerprint density at radius 2 is 2.31 bits per heavy atom. The average molecular weight is 283 g/mol. The molecular formula is C10H11BrN4O. The molecule has 2 heterocycles. The number of halogens is 1. The first-order chi connectivity index (χ1) is 7.81. The van der Waals surface area contributed by atoms with Gasteiger partial charge in [-0.1, -0.05) is 22.0 Å². The highest BCUT2D eigenvalue weighted by Gasteiger charge is 2.04. The first kappa shape index (κ1) is 11.1. The smallest absolute Gasteiger partial charge is 0.230 e. The number of fused-ring (bicyclic) bond motifs is 1. The molecule has 0 saturated carbocycles. The summed E-state index contributed by atoms with van der Waals surface area (Å²) in [4.78, 5) is 11.0. The molecule has 84 valence electrons. The molecule has 0 spiro atoms. The van der Waals surface area contributed by atoms with Crippen LogP contribution in [-0.4, -0.2) is 32.4 Å². The summed E-state index contributed by atoms with van der Waals surface area (Å²) in [5, 5.41) is 11.2. The quantitative estimate of drug-likeness (QED) is 0.844. The lowest BCUT2D eigenvalue weighted by molar-refractivity contribution is -0.118. The summed E-state index contributed by atoms with van der Waals surface area (Å²) in [6, 6.07) is 5.74. The number of aromatic nitrogens is 3. The van der Waals surface area contributed by atoms with Crippen LogP contribution in [0.1, 0.15) is 5.82 Å². The van der Waals surface area contributed by atoms with Crippen LogP contribution in [0.15, 0.2) is 24.4 Å². The van der Waals surface area contributed by atoms with Crippen molar-refractivity contribution in [2.45, 2.75) is 6.42 Å². The molecule has 2 aromatic rings. The van der Waals surface area contributed by atoms with Crippen molar-refractivity contribution in [3.63, 3.8) is 0 Å². The van der Waals surface area contributed by atoms with Crippen LogP contribution in [0.25, 0.3) is 5.65 Å². The Kier molecular flexibility index (Phi) is 3.51. The predicted octanol–water partition coefficient (Wildman–Crippen LogP) is 0.783. The second kappa shape index (κ2) is 5.07. The van der Waals surface area contributed by atoms with E-state index in [1.54, 1.807) is 0 Å². The lowest BCUT2D eigenvalue weighted by Gasteiger charge is -2.01. The topological polar surface area (TPSA) is 59.3 Å². The van der Waals surface area contributed by atoms with Gasteiger partial charge in [-0.2, -0.15) is 0 Å². The van der Waals surface area contributed by atoms with Crippen molar-refractivity contribution < 1.29 is 4.79 Å². The number of hydrogen-bond acceptors (Lipinski definition) is 3. The number of carbonyl (C=O) groups is 1. The molecule has 0 radical (unpaired) electrons. The minimum atomic E-state index is -0.0196. The highest BCUT2D eigenvalue weighted by atomic mass is 79.9. The molecule has 0 aliphatic heterocycles. The number of nitrogens with zero attached hydrogens (tertiary/aromatic N) is 3. The van der Waals surface area contributed by atoms with E-state index < -0.39 is 0 Å². The maximum atomic E-state index is 11.0. The Morgan fingerprint density at radius 3 is 3.12 bits per heavy atom. The Morgan fingerprint density at radius 1 is 1.44 bits per heavy atom. The fourth-order valence-electron chi connectivity index (χ4n) is 1.42. The minimum absolute atomic E-state index is 0.0196. The molecule has 0 bridgehead atoms. The summed E-state index contributed by atoms with van der Waals surface area (Å²) in [7, 11) is 0. The molecular weight excluding hydrogens is 272 g/mol. The standard InChI is InChI=1S/C10H11BrN4O/c11-7-10(16)12-5-4-9-14-13-8-3-1-2-6-15(8)9/h1-3,6H,4-5,7H2,(H,12,16). The summed E-state index contributed by atoms with van der Waals surface area (Å²) in [5.74, 6) is 0.833. The lowest BCUT2D eigenvalue weighted by Crippen LogP contribution is -2.26. The van der Waals surface area contributed by atoms with Crippen LogP contribution in [-0.2, 0) is 11.2 Å². The van der Waals surface area contributed by atoms with E-state index in [1.807, 2.05) is 28.8 Å². The number of pyridine rings is 1. The molecule has 6 heteroatoms. The van der Waals surface area contributed by atoms with E-state index in [-0.39, 0.29) is 5.91 Å². The molecule has 0 fully saturated rings. The molecule has 0 aliphatic carbocycles. The average Bonchev–Trinajstić information content (AvgIpc) is 2.73. The van der Waals surface area contributed by atoms with Crippen molar-refractivity contribution in [3.8, 4) is 0 Å². The fraction of sp³-hybridized carbons (Fsp3) is 0.300. The minimum Gasteiger partial charge on any atom is -0.355 e. The zero-order chi connectivity index (χ0) is 11.4. The van der Waals surface area contributed by atoms with E-state index >= 15 is 0 Å². The van der Waals surface area contributed by atoms with Crippen molar-refractivity contribution in [1.29, 1.82) is 0 Å². The first-order valence-electron chi connectivity index (χ1n) is 4.92. The molecule has 2 rings (SSSR count). The van der Waals surface area contributed by atoms with Gasteiger partial charge in [0.1, 0.15) is 5.82 Å². The van der Waals surface area contributed by atoms with Crippen molar-refractivity contribution >= 4 is 27.5 Å². The third-order valence-corrected chi connectivity index (χ3v) is 2.69. The third kappa shape index (κ3) is 2.38. The van der Waals surface area contributed by atoms with Crippen molar-refractivity contribution in [3.05, 3.63) is 30.2 Å². The lowest BCUT2D eigenvalue weighted by atomic mass is 10.4. The zero-order valence-electron chi connectivity index (χ0n) is 8.56. The van der Waals surface area contributed by atoms with E-state index in [9.17, 15) is 4.79 Å². The molecule has 0 atom stereocenters. The normalized spacial score (nSPS) is 10.6. The fourth-order valence-corrected chi connectivity index (χ4v) is 1.62. The summed E-state index contributed by atoms with van der Waals surface area (Å²) in [5.41, 5.74) is 0.823. The Bertz CT molecular complexity index is 496. The second-order valence-corrected chi connectivity index (χ2v) is 3.84. The number of rotatable bonds is 4. The van der Waals surface area contributed by atoms with Crippen LogP contribution >= 0.6 is 15.9 Å².